The van der Waals surface area contributed by atoms with Crippen LogP contribution in [0.15, 0.2) is 77.3 Å². The van der Waals surface area contributed by atoms with Crippen LogP contribution in [0.3, 0.4) is 0 Å². The predicted octanol–water partition coefficient (Wildman–Crippen LogP) is 4.24. The molecule has 8 nitrogen and oxygen atoms in total. The molecule has 0 saturated carbocycles. The van der Waals surface area contributed by atoms with E-state index in [0.29, 0.717) is 24.0 Å². The fourth-order valence-electron chi connectivity index (χ4n) is 3.56. The summed E-state index contributed by atoms with van der Waals surface area (Å²) in [6.45, 7) is 0.998. The van der Waals surface area contributed by atoms with Crippen molar-refractivity contribution in [3.8, 4) is 22.8 Å². The second-order valence-corrected chi connectivity index (χ2v) is 9.57. The monoisotopic (exact) mass is 466 g/mol. The number of aromatic hydroxyl groups is 1. The third kappa shape index (κ3) is 3.85. The van der Waals surface area contributed by atoms with Crippen LogP contribution in [0.5, 0.6) is 11.6 Å². The summed E-state index contributed by atoms with van der Waals surface area (Å²) in [5, 5.41) is 11.5. The van der Waals surface area contributed by atoms with Crippen LogP contribution >= 0.6 is 11.3 Å². The first-order chi connectivity index (χ1) is 15.5. The number of ether oxygens (including phenoxy) is 1. The summed E-state index contributed by atoms with van der Waals surface area (Å²) in [7, 11) is -3.79. The highest BCUT2D eigenvalue weighted by atomic mass is 32.2. The van der Waals surface area contributed by atoms with Crippen LogP contribution in [0.1, 0.15) is 0 Å². The molecule has 3 heterocycles. The van der Waals surface area contributed by atoms with E-state index in [2.05, 4.69) is 19.6 Å². The fraction of sp³-hybridized carbons (Fsp3) is 0.0909. The first kappa shape index (κ1) is 20.3. The largest absolute Gasteiger partial charge is 0.493 e. The first-order valence-electron chi connectivity index (χ1n) is 9.72. The molecule has 5 rings (SSSR count). The molecule has 0 amide bonds. The quantitative estimate of drug-likeness (QED) is 0.453. The van der Waals surface area contributed by atoms with Gasteiger partial charge in [-0.25, -0.2) is 18.4 Å². The van der Waals surface area contributed by atoms with E-state index in [9.17, 15) is 13.5 Å². The minimum atomic E-state index is -3.79. The van der Waals surface area contributed by atoms with Gasteiger partial charge in [-0.15, -0.1) is 11.3 Å². The predicted molar refractivity (Wildman–Crippen MR) is 123 cm³/mol. The fourth-order valence-corrected chi connectivity index (χ4v) is 5.37. The highest BCUT2D eigenvalue weighted by Gasteiger charge is 2.25. The highest BCUT2D eigenvalue weighted by Crippen LogP contribution is 2.42. The van der Waals surface area contributed by atoms with Gasteiger partial charge in [-0.3, -0.25) is 4.72 Å². The molecular formula is C22H18N4O4S2. The highest BCUT2D eigenvalue weighted by molar-refractivity contribution is 7.93. The Kier molecular flexibility index (Phi) is 5.16. The second-order valence-electron chi connectivity index (χ2n) is 6.99. The molecule has 0 radical (unpaired) electrons. The van der Waals surface area contributed by atoms with Gasteiger partial charge < -0.3 is 14.7 Å². The maximum Gasteiger partial charge on any atom is 0.263 e. The van der Waals surface area contributed by atoms with Gasteiger partial charge in [-0.2, -0.15) is 0 Å². The molecule has 2 N–H and O–H groups in total. The Morgan fingerprint density at radius 3 is 2.72 bits per heavy atom. The van der Waals surface area contributed by atoms with Crippen LogP contribution in [0.25, 0.3) is 11.1 Å². The van der Waals surface area contributed by atoms with E-state index < -0.39 is 10.0 Å². The van der Waals surface area contributed by atoms with E-state index >= 15 is 0 Å². The second kappa shape index (κ2) is 8.13. The summed E-state index contributed by atoms with van der Waals surface area (Å²) in [6.07, 6.45) is 3.16. The SMILES string of the molecule is O=S(=O)(Nc1nccs1)c1ccc2c(c1)OCCN2c1ccccc1-c1ccc(O)nc1. The summed E-state index contributed by atoms with van der Waals surface area (Å²) in [5.41, 5.74) is 3.50. The van der Waals surface area contributed by atoms with Gasteiger partial charge >= 0.3 is 0 Å². The van der Waals surface area contributed by atoms with Crippen molar-refractivity contribution in [2.45, 2.75) is 4.90 Å². The Labute approximate surface area is 188 Å². The molecule has 0 aliphatic carbocycles. The van der Waals surface area contributed by atoms with Gasteiger partial charge in [0.25, 0.3) is 10.0 Å². The number of pyridine rings is 1. The number of sulfonamides is 1. The average Bonchev–Trinajstić information content (AvgIpc) is 3.31. The molecule has 162 valence electrons. The minimum absolute atomic E-state index is 0.0388. The molecule has 2 aromatic heterocycles. The molecule has 0 atom stereocenters. The summed E-state index contributed by atoms with van der Waals surface area (Å²) < 4.78 is 33.8. The van der Waals surface area contributed by atoms with Gasteiger partial charge in [0.15, 0.2) is 5.13 Å². The van der Waals surface area contributed by atoms with Gasteiger partial charge in [0.05, 0.1) is 17.1 Å². The van der Waals surface area contributed by atoms with Crippen molar-refractivity contribution in [1.82, 2.24) is 9.97 Å². The smallest absolute Gasteiger partial charge is 0.263 e. The van der Waals surface area contributed by atoms with E-state index in [4.69, 9.17) is 4.74 Å². The standard InChI is InChI=1S/C22H18N4O4S2/c27-21-8-5-15(14-24-21)17-3-1-2-4-18(17)26-10-11-30-20-13-16(6-7-19(20)26)32(28,29)25-22-23-9-12-31-22/h1-9,12-14H,10-11H2,(H,23,25)(H,24,27). The first-order valence-corrected chi connectivity index (χ1v) is 12.1. The molecule has 0 fully saturated rings. The summed E-state index contributed by atoms with van der Waals surface area (Å²) >= 11 is 1.21. The van der Waals surface area contributed by atoms with Crippen molar-refractivity contribution in [2.24, 2.45) is 0 Å². The molecule has 4 aromatic rings. The number of fused-ring (bicyclic) bond motifs is 1. The molecule has 0 bridgehead atoms. The number of anilines is 3. The number of rotatable bonds is 5. The molecule has 2 aromatic carbocycles. The number of thiazole rings is 1. The van der Waals surface area contributed by atoms with Gasteiger partial charge in [0, 0.05) is 46.7 Å². The molecule has 0 spiro atoms. The van der Waals surface area contributed by atoms with E-state index in [0.717, 1.165) is 22.5 Å². The van der Waals surface area contributed by atoms with Crippen molar-refractivity contribution in [3.63, 3.8) is 0 Å². The van der Waals surface area contributed by atoms with Crippen molar-refractivity contribution in [3.05, 3.63) is 72.4 Å². The van der Waals surface area contributed by atoms with Crippen molar-refractivity contribution < 1.29 is 18.3 Å². The van der Waals surface area contributed by atoms with E-state index in [1.807, 2.05) is 30.3 Å². The number of aromatic nitrogens is 2. The average molecular weight is 467 g/mol. The molecule has 0 saturated heterocycles. The number of nitrogens with zero attached hydrogens (tertiary/aromatic N) is 3. The van der Waals surface area contributed by atoms with Crippen LogP contribution in [0.4, 0.5) is 16.5 Å². The van der Waals surface area contributed by atoms with Gasteiger partial charge in [0.1, 0.15) is 12.4 Å². The van der Waals surface area contributed by atoms with Crippen LogP contribution in [-0.4, -0.2) is 36.6 Å². The number of hydrogen-bond acceptors (Lipinski definition) is 8. The normalized spacial score (nSPS) is 13.3. The van der Waals surface area contributed by atoms with Crippen molar-refractivity contribution >= 4 is 37.9 Å². The molecule has 0 unspecified atom stereocenters. The van der Waals surface area contributed by atoms with Gasteiger partial charge in [-0.05, 0) is 24.3 Å². The molecule has 1 aliphatic heterocycles. The van der Waals surface area contributed by atoms with Gasteiger partial charge in [-0.1, -0.05) is 18.2 Å². The van der Waals surface area contributed by atoms with Crippen LogP contribution in [0, 0.1) is 0 Å². The molecule has 10 heteroatoms. The van der Waals surface area contributed by atoms with E-state index in [1.165, 1.54) is 23.6 Å². The Bertz CT molecular complexity index is 1360. The number of benzene rings is 2. The maximum absolute atomic E-state index is 12.8. The lowest BCUT2D eigenvalue weighted by molar-refractivity contribution is 0.313. The summed E-state index contributed by atoms with van der Waals surface area (Å²) in [6, 6.07) is 16.0. The Morgan fingerprint density at radius 2 is 1.94 bits per heavy atom. The maximum atomic E-state index is 12.8. The van der Waals surface area contributed by atoms with E-state index in [-0.39, 0.29) is 10.8 Å². The zero-order valence-corrected chi connectivity index (χ0v) is 18.3. The lowest BCUT2D eigenvalue weighted by Gasteiger charge is -2.33. The zero-order valence-electron chi connectivity index (χ0n) is 16.7. The lowest BCUT2D eigenvalue weighted by Crippen LogP contribution is -2.29. The van der Waals surface area contributed by atoms with Crippen molar-refractivity contribution in [2.75, 3.05) is 22.8 Å². The molecule has 32 heavy (non-hydrogen) atoms. The number of hydrogen-bond donors (Lipinski definition) is 2. The molecular weight excluding hydrogens is 448 g/mol. The number of nitrogens with one attached hydrogen (secondary N) is 1. The Hall–Kier alpha value is -3.63. The number of para-hydroxylation sites is 1. The topological polar surface area (TPSA) is 105 Å². The van der Waals surface area contributed by atoms with Crippen LogP contribution in [-0.2, 0) is 10.0 Å². The third-order valence-electron chi connectivity index (χ3n) is 5.01. The summed E-state index contributed by atoms with van der Waals surface area (Å²) in [5.74, 6) is 0.444. The third-order valence-corrected chi connectivity index (χ3v) is 7.17. The Morgan fingerprint density at radius 1 is 1.06 bits per heavy atom. The zero-order chi connectivity index (χ0) is 22.1. The molecule has 1 aliphatic rings. The van der Waals surface area contributed by atoms with E-state index in [1.54, 1.807) is 29.8 Å². The van der Waals surface area contributed by atoms with Crippen molar-refractivity contribution in [1.29, 1.82) is 0 Å². The van der Waals surface area contributed by atoms with Crippen LogP contribution < -0.4 is 14.4 Å². The Balaban J connectivity index is 1.52. The summed E-state index contributed by atoms with van der Waals surface area (Å²) in [4.78, 5) is 10.2. The van der Waals surface area contributed by atoms with Gasteiger partial charge in [0.2, 0.25) is 5.88 Å². The van der Waals surface area contributed by atoms with Crippen LogP contribution in [0.2, 0.25) is 0 Å². The lowest BCUT2D eigenvalue weighted by atomic mass is 10.0. The minimum Gasteiger partial charge on any atom is -0.493 e.